The summed E-state index contributed by atoms with van der Waals surface area (Å²) in [7, 11) is 0. The predicted octanol–water partition coefficient (Wildman–Crippen LogP) is 5.21. The van der Waals surface area contributed by atoms with Gasteiger partial charge in [-0.05, 0) is 86.7 Å². The van der Waals surface area contributed by atoms with Crippen molar-refractivity contribution in [2.24, 2.45) is 0 Å². The van der Waals surface area contributed by atoms with Crippen LogP contribution >= 0.6 is 11.3 Å². The molecule has 7 aliphatic heterocycles. The molecule has 41 nitrogen and oxygen atoms in total. The van der Waals surface area contributed by atoms with E-state index in [0.29, 0.717) is 121 Å². The molecule has 0 saturated carbocycles. The molecule has 13 heterocycles. The number of carbonyl (C=O) groups is 9. The van der Waals surface area contributed by atoms with Gasteiger partial charge >= 0.3 is 0 Å². The van der Waals surface area contributed by atoms with Crippen molar-refractivity contribution in [3.05, 3.63) is 292 Å². The number of nitrogens with one attached hydrogen (secondary N) is 4. The van der Waals surface area contributed by atoms with Crippen LogP contribution in [0.3, 0.4) is 0 Å². The Morgan fingerprint density at radius 2 is 0.833 bits per heavy atom. The van der Waals surface area contributed by atoms with Crippen LogP contribution in [0, 0.1) is 53.5 Å². The molecule has 17 rings (SSSR count). The molecule has 8 N–H and O–H groups in total. The van der Waals surface area contributed by atoms with Crippen molar-refractivity contribution in [3.63, 3.8) is 0 Å². The van der Waals surface area contributed by atoms with Gasteiger partial charge in [-0.15, -0.1) is 0 Å². The molecule has 764 valence electrons. The van der Waals surface area contributed by atoms with Gasteiger partial charge in [0, 0.05) is 150 Å². The third kappa shape index (κ3) is 24.2. The number of pyridine rings is 4. The SMILES string of the molecule is CC(=O)N1CN(CC2COCCO2)C(=O)c2c(O)c(=O)c(C(=O)NCc3ccc(F)cc3F)cn21.CCN1CN(CC2COCCO2)C(=O)c2c(O)c(=O)c(C(=O)NCc3ccc(F)cc3F)cn21.CCOCCCN1CN(Cc2cc(C)on2)n2cc(C(=O)NCc3ccc(F)cc3F)c(=O)c(O)c2C1=O.O=C(NCc1ccc(F)cc1F)c1cn2c(c(O)c1=O)C(=O)N(C[C@H]1CCCO1)CN2Cc1ccsc1. The lowest BCUT2D eigenvalue weighted by Crippen LogP contribution is -2.58. The second-order valence-corrected chi connectivity index (χ2v) is 34.3. The summed E-state index contributed by atoms with van der Waals surface area (Å²) < 4.78 is 151. The van der Waals surface area contributed by atoms with Crippen LogP contribution < -0.4 is 63.0 Å². The maximum Gasteiger partial charge on any atom is 0.278 e. The Balaban J connectivity index is 0.000000152. The van der Waals surface area contributed by atoms with Gasteiger partial charge in [-0.1, -0.05) is 29.4 Å². The molecule has 3 saturated heterocycles. The number of benzene rings is 4. The molecule has 6 aromatic heterocycles. The number of aromatic nitrogens is 5. The minimum Gasteiger partial charge on any atom is -0.502 e. The first-order valence-corrected chi connectivity index (χ1v) is 46.0. The largest absolute Gasteiger partial charge is 0.502 e. The standard InChI is InChI=1S/C25H27F2N5O6.C25H24F2N4O5S.C22H22F2N4O7.C22H24F2N4O6/c1-3-37-8-4-7-30-14-31(12-18-9-15(2)38-29-18)32-13-19(22(33)23(34)21(32)25(30)36)24(35)28-11-16-5-6-17(26)10-20(16)27;26-17-4-3-16(20(27)8-17)9-28-24(34)19-12-31-21(23(33)22(19)32)25(35)29(11-18-2-1-6-36-18)14-30(31)10-15-5-7-37-13-15;1-12(29)28-11-26(8-15-10-34-4-5-35-15)22(33)18-20(31)19(30)16(9-27(18)28)21(32)25-7-13-2-3-14(23)6-17(13)24;1-2-27-12-26(9-15-11-33-5-6-34-15)22(32)18-20(30)19(29)16(10-28(18)27)21(31)25-8-13-3-4-14(23)7-17(13)24/h5-6,9-10,13,34H,3-4,7-8,11-12,14H2,1-2H3,(H,28,35);3-5,7-8,12-13,18,33H,1-2,6,9-11,14H2,(H,28,34);2-3,6,9,15,31H,4-5,7-8,10-11H2,1H3,(H,25,32);3-4,7,10,15,30H,2,5-6,8-9,11-12H2,1H3,(H,25,31)/t;18-;;/m.1../s1. The van der Waals surface area contributed by atoms with Gasteiger partial charge in [0.05, 0.1) is 84.1 Å². The molecule has 7 aliphatic rings. The normalized spacial score (nSPS) is 16.5. The van der Waals surface area contributed by atoms with Crippen molar-refractivity contribution in [1.82, 2.24) is 64.7 Å². The molecular formula is C94H97F8N17O24S. The van der Waals surface area contributed by atoms with Crippen LogP contribution in [0.5, 0.6) is 23.0 Å². The van der Waals surface area contributed by atoms with Crippen LogP contribution in [0.25, 0.3) is 0 Å². The summed E-state index contributed by atoms with van der Waals surface area (Å²) in [6, 6.07) is 15.1. The van der Waals surface area contributed by atoms with E-state index in [1.807, 2.05) is 30.7 Å². The van der Waals surface area contributed by atoms with Gasteiger partial charge in [-0.2, -0.15) is 11.3 Å². The number of thiophene rings is 1. The lowest BCUT2D eigenvalue weighted by molar-refractivity contribution is -0.119. The van der Waals surface area contributed by atoms with E-state index in [-0.39, 0.29) is 131 Å². The quantitative estimate of drug-likeness (QED) is 0.0230. The molecule has 0 bridgehead atoms. The van der Waals surface area contributed by atoms with Crippen LogP contribution in [-0.2, 0) is 72.5 Å². The van der Waals surface area contributed by atoms with Gasteiger partial charge in [0.25, 0.3) is 47.3 Å². The minimum atomic E-state index is -1.15. The first kappa shape index (κ1) is 104. The van der Waals surface area contributed by atoms with Crippen LogP contribution in [0.15, 0.2) is 144 Å². The van der Waals surface area contributed by atoms with E-state index in [0.717, 1.165) is 70.8 Å². The van der Waals surface area contributed by atoms with Gasteiger partial charge in [-0.25, -0.2) is 44.8 Å². The zero-order chi connectivity index (χ0) is 103. The minimum absolute atomic E-state index is 0.00272. The van der Waals surface area contributed by atoms with Crippen LogP contribution in [-0.4, -0.2) is 254 Å². The smallest absolute Gasteiger partial charge is 0.278 e. The number of aromatic hydroxyl groups is 4. The number of hydrogen-bond donors (Lipinski definition) is 8. The summed E-state index contributed by atoms with van der Waals surface area (Å²) in [4.78, 5) is 173. The van der Waals surface area contributed by atoms with Gasteiger partial charge < -0.3 is 94.2 Å². The molecule has 50 heteroatoms. The van der Waals surface area contributed by atoms with E-state index in [2.05, 4.69) is 26.4 Å². The Hall–Kier alpha value is -15.4. The highest BCUT2D eigenvalue weighted by atomic mass is 32.1. The Morgan fingerprint density at radius 1 is 0.458 bits per heavy atom. The number of hydrogen-bond acceptors (Lipinski definition) is 29. The number of nitrogens with zero attached hydrogens (tertiary/aromatic N) is 13. The zero-order valence-corrected chi connectivity index (χ0v) is 78.4. The highest BCUT2D eigenvalue weighted by Crippen LogP contribution is 2.31. The number of ether oxygens (including phenoxy) is 6. The van der Waals surface area contributed by atoms with Crippen molar-refractivity contribution in [1.29, 1.82) is 0 Å². The lowest BCUT2D eigenvalue weighted by atomic mass is 10.1. The second kappa shape index (κ2) is 46.6. The van der Waals surface area contributed by atoms with Crippen LogP contribution in [0.2, 0.25) is 0 Å². The van der Waals surface area contributed by atoms with Gasteiger partial charge in [-0.3, -0.25) is 91.4 Å². The fraction of sp³-hybridized carbons (Fsp3) is 0.362. The van der Waals surface area contributed by atoms with Gasteiger partial charge in [0.15, 0.2) is 45.8 Å². The third-order valence-electron chi connectivity index (χ3n) is 23.6. The predicted molar refractivity (Wildman–Crippen MR) is 491 cm³/mol. The van der Waals surface area contributed by atoms with E-state index < -0.39 is 178 Å². The molecule has 9 amide bonds. The van der Waals surface area contributed by atoms with E-state index in [9.17, 15) is 118 Å². The summed E-state index contributed by atoms with van der Waals surface area (Å²) in [5.41, 5.74) is -5.98. The fourth-order valence-corrected chi connectivity index (χ4v) is 16.9. The van der Waals surface area contributed by atoms with Crippen molar-refractivity contribution < 1.29 is 132 Å². The molecule has 2 unspecified atom stereocenters. The molecule has 4 aromatic carbocycles. The number of carbonyl (C=O) groups excluding carboxylic acids is 9. The number of fused-ring (bicyclic) bond motifs is 4. The van der Waals surface area contributed by atoms with E-state index >= 15 is 0 Å². The Morgan fingerprint density at radius 3 is 1.19 bits per heavy atom. The lowest BCUT2D eigenvalue weighted by Gasteiger charge is -2.40. The topological polar surface area (TPSA) is 478 Å². The summed E-state index contributed by atoms with van der Waals surface area (Å²) in [5.74, 6) is -16.2. The van der Waals surface area contributed by atoms with Crippen molar-refractivity contribution in [3.8, 4) is 23.0 Å². The van der Waals surface area contributed by atoms with Crippen molar-refractivity contribution in [2.75, 3.05) is 139 Å². The van der Waals surface area contributed by atoms with Gasteiger partial charge in [0.2, 0.25) is 27.6 Å². The van der Waals surface area contributed by atoms with E-state index in [4.69, 9.17) is 32.9 Å². The summed E-state index contributed by atoms with van der Waals surface area (Å²) >= 11 is 1.50. The highest BCUT2D eigenvalue weighted by molar-refractivity contribution is 7.08. The van der Waals surface area contributed by atoms with E-state index in [1.165, 1.54) is 82.5 Å². The molecule has 10 aromatic rings. The first-order chi connectivity index (χ1) is 69.0. The molecule has 0 radical (unpaired) electrons. The third-order valence-corrected chi connectivity index (χ3v) is 24.3. The number of amides is 9. The second-order valence-electron chi connectivity index (χ2n) is 33.5. The molecule has 3 atom stereocenters. The molecule has 0 aliphatic carbocycles. The van der Waals surface area contributed by atoms with Crippen LogP contribution in [0.1, 0.15) is 163 Å². The number of aryl methyl sites for hydroxylation is 1. The maximum atomic E-state index is 14.0. The molecule has 144 heavy (non-hydrogen) atoms. The first-order valence-electron chi connectivity index (χ1n) is 45.0. The molecular weight excluding hydrogens is 1940 g/mol. The number of rotatable bonds is 28. The highest BCUT2D eigenvalue weighted by Gasteiger charge is 2.42. The van der Waals surface area contributed by atoms with E-state index in [1.54, 1.807) is 28.0 Å². The summed E-state index contributed by atoms with van der Waals surface area (Å²) in [5, 5.41) is 66.2. The molecule has 0 spiro atoms. The monoisotopic (exact) mass is 2030 g/mol. The fourth-order valence-electron chi connectivity index (χ4n) is 16.2. The Labute approximate surface area is 815 Å². The van der Waals surface area contributed by atoms with Crippen molar-refractivity contribution >= 4 is 64.5 Å². The maximum absolute atomic E-state index is 14.0. The average Bonchev–Trinajstić information content (AvgIpc) is 0.769. The van der Waals surface area contributed by atoms with Gasteiger partial charge in [0.1, 0.15) is 107 Å². The summed E-state index contributed by atoms with van der Waals surface area (Å²) in [6.07, 6.45) is 5.79. The average molecular weight is 2030 g/mol. The van der Waals surface area contributed by atoms with Crippen LogP contribution in [0.4, 0.5) is 35.1 Å². The Kier molecular flexibility index (Phi) is 33.8. The molecule has 3 fully saturated rings. The number of halogens is 8. The zero-order valence-electron chi connectivity index (χ0n) is 77.6. The summed E-state index contributed by atoms with van der Waals surface area (Å²) in [6.45, 7) is 10.9. The van der Waals surface area contributed by atoms with Crippen molar-refractivity contribution in [2.45, 2.75) is 105 Å². The Bertz CT molecular complexity index is 6790.